The second-order valence-corrected chi connectivity index (χ2v) is 9.81. The third kappa shape index (κ3) is 5.70. The number of aryl methyl sites for hydroxylation is 2. The highest BCUT2D eigenvalue weighted by Gasteiger charge is 2.44. The Kier molecular flexibility index (Phi) is 7.72. The smallest absolute Gasteiger partial charge is 0.325 e. The first-order valence-corrected chi connectivity index (χ1v) is 11.9. The summed E-state index contributed by atoms with van der Waals surface area (Å²) in [6.45, 7) is 3.04. The van der Waals surface area contributed by atoms with Crippen molar-refractivity contribution >= 4 is 21.9 Å². The Balaban J connectivity index is 1.63. The number of methoxy groups -OCH3 is 1. The number of carbonyl (C=O) groups excluding carboxylic acids is 2. The predicted molar refractivity (Wildman–Crippen MR) is 120 cm³/mol. The molecule has 1 aliphatic rings. The van der Waals surface area contributed by atoms with Crippen LogP contribution in [0.5, 0.6) is 5.75 Å². The monoisotopic (exact) mass is 476 g/mol. The van der Waals surface area contributed by atoms with E-state index in [1.165, 1.54) is 19.2 Å². The van der Waals surface area contributed by atoms with E-state index < -0.39 is 40.7 Å². The Hall–Kier alpha value is -2.95. The zero-order valence-corrected chi connectivity index (χ0v) is 19.6. The molecular formula is C23H28N2O7S. The summed E-state index contributed by atoms with van der Waals surface area (Å²) in [6, 6.07) is 10.6. The van der Waals surface area contributed by atoms with Crippen molar-refractivity contribution in [3.8, 4) is 5.75 Å². The summed E-state index contributed by atoms with van der Waals surface area (Å²) < 4.78 is 37.5. The molecule has 0 radical (unpaired) electrons. The molecule has 0 aromatic heterocycles. The van der Waals surface area contributed by atoms with Crippen molar-refractivity contribution in [2.45, 2.75) is 43.9 Å². The molecule has 0 spiro atoms. The van der Waals surface area contributed by atoms with Gasteiger partial charge < -0.3 is 19.9 Å². The molecule has 178 valence electrons. The molecule has 3 rings (SSSR count). The van der Waals surface area contributed by atoms with E-state index >= 15 is 0 Å². The molecule has 0 bridgehead atoms. The highest BCUT2D eigenvalue weighted by Crippen LogP contribution is 2.28. The number of hydrogen-bond donors (Lipinski definition) is 2. The van der Waals surface area contributed by atoms with Crippen LogP contribution in [0.2, 0.25) is 0 Å². The zero-order valence-electron chi connectivity index (χ0n) is 18.8. The number of rotatable bonds is 8. The van der Waals surface area contributed by atoms with E-state index in [4.69, 9.17) is 9.47 Å². The van der Waals surface area contributed by atoms with E-state index in [1.54, 1.807) is 37.3 Å². The lowest BCUT2D eigenvalue weighted by atomic mass is 10.1. The van der Waals surface area contributed by atoms with Crippen LogP contribution in [0.25, 0.3) is 0 Å². The Bertz CT molecular complexity index is 1130. The van der Waals surface area contributed by atoms with Gasteiger partial charge in [-0.2, -0.15) is 4.31 Å². The maximum atomic E-state index is 13.1. The molecule has 1 aliphatic heterocycles. The fourth-order valence-corrected chi connectivity index (χ4v) is 5.31. The molecule has 9 nitrogen and oxygen atoms in total. The minimum atomic E-state index is -4.04. The number of aliphatic hydroxyl groups is 1. The molecule has 0 saturated carbocycles. The van der Waals surface area contributed by atoms with Crippen molar-refractivity contribution < 1.29 is 32.6 Å². The number of aliphatic hydroxyl groups excluding tert-OH is 1. The Morgan fingerprint density at radius 2 is 1.88 bits per heavy atom. The van der Waals surface area contributed by atoms with Gasteiger partial charge in [-0.05, 0) is 43.2 Å². The van der Waals surface area contributed by atoms with Crippen molar-refractivity contribution in [2.24, 2.45) is 0 Å². The lowest BCUT2D eigenvalue weighted by Gasteiger charge is -2.22. The molecule has 2 aromatic carbocycles. The molecule has 1 heterocycles. The van der Waals surface area contributed by atoms with Gasteiger partial charge in [0.15, 0.2) is 6.61 Å². The minimum absolute atomic E-state index is 0.0343. The third-order valence-corrected chi connectivity index (χ3v) is 7.48. The summed E-state index contributed by atoms with van der Waals surface area (Å²) >= 11 is 0. The highest BCUT2D eigenvalue weighted by molar-refractivity contribution is 7.89. The maximum Gasteiger partial charge on any atom is 0.325 e. The van der Waals surface area contributed by atoms with Crippen LogP contribution in [0.3, 0.4) is 0 Å². The van der Waals surface area contributed by atoms with Crippen LogP contribution in [0, 0.1) is 13.8 Å². The first-order chi connectivity index (χ1) is 15.6. The normalized spacial score (nSPS) is 18.7. The van der Waals surface area contributed by atoms with Gasteiger partial charge in [-0.3, -0.25) is 9.59 Å². The van der Waals surface area contributed by atoms with Crippen LogP contribution < -0.4 is 10.1 Å². The van der Waals surface area contributed by atoms with Gasteiger partial charge in [0, 0.05) is 25.1 Å². The predicted octanol–water partition coefficient (Wildman–Crippen LogP) is 1.30. The number of hydrogen-bond acceptors (Lipinski definition) is 7. The molecule has 0 aliphatic carbocycles. The molecule has 2 atom stereocenters. The van der Waals surface area contributed by atoms with E-state index in [9.17, 15) is 23.1 Å². The van der Waals surface area contributed by atoms with Crippen molar-refractivity contribution in [2.75, 3.05) is 20.3 Å². The van der Waals surface area contributed by atoms with Gasteiger partial charge in [0.25, 0.3) is 5.91 Å². The van der Waals surface area contributed by atoms with E-state index in [0.717, 1.165) is 21.0 Å². The standard InChI is InChI=1S/C23H28N2O7S/c1-15-8-9-19(10-16(15)2)33(29,30)25-13-18(26)11-20(25)23(28)32-14-22(27)24-12-17-6-4-5-7-21(17)31-3/h4-10,18,20,26H,11-14H2,1-3H3,(H,24,27). The fraction of sp³-hybridized carbons (Fsp3) is 0.391. The molecule has 1 fully saturated rings. The van der Waals surface area contributed by atoms with E-state index in [-0.39, 0.29) is 24.4 Å². The summed E-state index contributed by atoms with van der Waals surface area (Å²) in [5.74, 6) is -0.815. The fourth-order valence-electron chi connectivity index (χ4n) is 3.60. The average molecular weight is 477 g/mol. The number of ether oxygens (including phenoxy) is 2. The summed E-state index contributed by atoms with van der Waals surface area (Å²) in [5, 5.41) is 12.7. The first kappa shape index (κ1) is 24.7. The van der Waals surface area contributed by atoms with Gasteiger partial charge in [0.05, 0.1) is 18.1 Å². The van der Waals surface area contributed by atoms with Gasteiger partial charge in [0.2, 0.25) is 10.0 Å². The number of esters is 1. The van der Waals surface area contributed by atoms with Crippen LogP contribution in [-0.4, -0.2) is 62.1 Å². The average Bonchev–Trinajstić information content (AvgIpc) is 3.20. The number of para-hydroxylation sites is 1. The lowest BCUT2D eigenvalue weighted by molar-refractivity contribution is -0.151. The minimum Gasteiger partial charge on any atom is -0.496 e. The van der Waals surface area contributed by atoms with Crippen molar-refractivity contribution in [1.29, 1.82) is 0 Å². The van der Waals surface area contributed by atoms with Crippen molar-refractivity contribution in [3.05, 3.63) is 59.2 Å². The molecule has 1 amide bonds. The van der Waals surface area contributed by atoms with Crippen LogP contribution in [0.4, 0.5) is 0 Å². The molecular weight excluding hydrogens is 448 g/mol. The number of benzene rings is 2. The lowest BCUT2D eigenvalue weighted by Crippen LogP contribution is -2.42. The van der Waals surface area contributed by atoms with Gasteiger partial charge in [-0.15, -0.1) is 0 Å². The van der Waals surface area contributed by atoms with Crippen molar-refractivity contribution in [3.63, 3.8) is 0 Å². The summed E-state index contributed by atoms with van der Waals surface area (Å²) in [4.78, 5) is 24.8. The largest absolute Gasteiger partial charge is 0.496 e. The van der Waals surface area contributed by atoms with Crippen LogP contribution in [-0.2, 0) is 30.9 Å². The van der Waals surface area contributed by atoms with E-state index in [2.05, 4.69) is 5.32 Å². The van der Waals surface area contributed by atoms with Crippen LogP contribution >= 0.6 is 0 Å². The number of β-amino-alcohol motifs (C(OH)–C–C–N with tert-alkyl or cyclic N) is 1. The Morgan fingerprint density at radius 1 is 1.15 bits per heavy atom. The van der Waals surface area contributed by atoms with Crippen LogP contribution in [0.15, 0.2) is 47.4 Å². The van der Waals surface area contributed by atoms with Gasteiger partial charge in [0.1, 0.15) is 11.8 Å². The summed E-state index contributed by atoms with van der Waals surface area (Å²) in [6.07, 6.45) is -1.12. The number of amides is 1. The molecule has 2 unspecified atom stereocenters. The second-order valence-electron chi connectivity index (χ2n) is 7.92. The topological polar surface area (TPSA) is 122 Å². The zero-order chi connectivity index (χ0) is 24.2. The second kappa shape index (κ2) is 10.3. The molecule has 33 heavy (non-hydrogen) atoms. The quantitative estimate of drug-likeness (QED) is 0.551. The van der Waals surface area contributed by atoms with E-state index in [1.807, 2.05) is 6.92 Å². The number of nitrogens with zero attached hydrogens (tertiary/aromatic N) is 1. The molecule has 10 heteroatoms. The van der Waals surface area contributed by atoms with Gasteiger partial charge >= 0.3 is 5.97 Å². The summed E-state index contributed by atoms with van der Waals surface area (Å²) in [5.41, 5.74) is 2.48. The van der Waals surface area contributed by atoms with Crippen molar-refractivity contribution in [1.82, 2.24) is 9.62 Å². The molecule has 2 N–H and O–H groups in total. The van der Waals surface area contributed by atoms with E-state index in [0.29, 0.717) is 5.75 Å². The first-order valence-electron chi connectivity index (χ1n) is 10.5. The summed E-state index contributed by atoms with van der Waals surface area (Å²) in [7, 11) is -2.52. The Morgan fingerprint density at radius 3 is 2.58 bits per heavy atom. The van der Waals surface area contributed by atoms with Gasteiger partial charge in [-0.25, -0.2) is 8.42 Å². The third-order valence-electron chi connectivity index (χ3n) is 5.60. The van der Waals surface area contributed by atoms with Crippen LogP contribution in [0.1, 0.15) is 23.1 Å². The highest BCUT2D eigenvalue weighted by atomic mass is 32.2. The van der Waals surface area contributed by atoms with Gasteiger partial charge in [-0.1, -0.05) is 24.3 Å². The molecule has 1 saturated heterocycles. The molecule has 2 aromatic rings. The Labute approximate surface area is 193 Å². The number of carbonyl (C=O) groups is 2. The number of nitrogens with one attached hydrogen (secondary N) is 1. The SMILES string of the molecule is COc1ccccc1CNC(=O)COC(=O)C1CC(O)CN1S(=O)(=O)c1ccc(C)c(C)c1. The maximum absolute atomic E-state index is 13.1. The number of sulfonamides is 1.